The Morgan fingerprint density at radius 2 is 1.93 bits per heavy atom. The number of nitrogens with zero attached hydrogens (tertiary/aromatic N) is 3. The molecule has 0 spiro atoms. The predicted molar refractivity (Wildman–Crippen MR) is 108 cm³/mol. The molecule has 0 saturated carbocycles. The van der Waals surface area contributed by atoms with Crippen LogP contribution in [0.2, 0.25) is 10.0 Å². The van der Waals surface area contributed by atoms with E-state index in [4.69, 9.17) is 28.5 Å². The minimum Gasteiger partial charge on any atom is -0.507 e. The fraction of sp³-hybridized carbons (Fsp3) is 0.0500. The fourth-order valence-electron chi connectivity index (χ4n) is 3.16. The molecule has 0 fully saturated rings. The summed E-state index contributed by atoms with van der Waals surface area (Å²) in [4.78, 5) is 15.1. The lowest BCUT2D eigenvalue weighted by molar-refractivity contribution is 0.476. The zero-order valence-corrected chi connectivity index (χ0v) is 16.0. The Bertz CT molecular complexity index is 1350. The van der Waals surface area contributed by atoms with Gasteiger partial charge in [-0.3, -0.25) is 4.79 Å². The molecule has 0 aliphatic heterocycles. The van der Waals surface area contributed by atoms with Crippen molar-refractivity contribution in [3.05, 3.63) is 74.1 Å². The smallest absolute Gasteiger partial charge is 0.251 e. The van der Waals surface area contributed by atoms with Gasteiger partial charge in [-0.2, -0.15) is 10.4 Å². The fourth-order valence-corrected chi connectivity index (χ4v) is 3.46. The number of phenolic OH excluding ortho intramolecular Hbond substituents is 1. The average Bonchev–Trinajstić information content (AvgIpc) is 2.99. The molecular weight excluding hydrogens is 399 g/mol. The zero-order chi connectivity index (χ0) is 20.0. The molecule has 138 valence electrons. The SMILES string of the molecule is Cc1nn2c(-c3ccc(C#N)cc3O)cc(=O)[nH]c2c1-c1ccc(Cl)c(Cl)c1. The van der Waals surface area contributed by atoms with Crippen LogP contribution in [0, 0.1) is 18.3 Å². The van der Waals surface area contributed by atoms with Crippen LogP contribution in [0.25, 0.3) is 28.0 Å². The van der Waals surface area contributed by atoms with Crippen molar-refractivity contribution in [2.24, 2.45) is 0 Å². The minimum atomic E-state index is -0.354. The number of hydrogen-bond donors (Lipinski definition) is 2. The number of hydrogen-bond acceptors (Lipinski definition) is 4. The molecular formula is C20H12Cl2N4O2. The number of aromatic hydroxyl groups is 1. The van der Waals surface area contributed by atoms with Gasteiger partial charge in [-0.1, -0.05) is 29.3 Å². The molecule has 0 bridgehead atoms. The maximum Gasteiger partial charge on any atom is 0.251 e. The van der Waals surface area contributed by atoms with Crippen LogP contribution in [0.4, 0.5) is 0 Å². The monoisotopic (exact) mass is 410 g/mol. The molecule has 0 radical (unpaired) electrons. The first-order valence-corrected chi connectivity index (χ1v) is 8.96. The Labute approximate surface area is 169 Å². The highest BCUT2D eigenvalue weighted by Crippen LogP contribution is 2.35. The minimum absolute atomic E-state index is 0.116. The van der Waals surface area contributed by atoms with E-state index >= 15 is 0 Å². The molecule has 0 saturated heterocycles. The Hall–Kier alpha value is -3.27. The van der Waals surface area contributed by atoms with Gasteiger partial charge in [-0.05, 0) is 42.8 Å². The number of aryl methyl sites for hydroxylation is 1. The molecule has 8 heteroatoms. The number of nitriles is 1. The highest BCUT2D eigenvalue weighted by molar-refractivity contribution is 6.42. The highest BCUT2D eigenvalue weighted by Gasteiger charge is 2.18. The predicted octanol–water partition coefficient (Wildman–Crippen LogP) is 4.55. The van der Waals surface area contributed by atoms with Crippen molar-refractivity contribution >= 4 is 28.8 Å². The van der Waals surface area contributed by atoms with Crippen molar-refractivity contribution in [3.63, 3.8) is 0 Å². The number of halogens is 2. The van der Waals surface area contributed by atoms with E-state index in [2.05, 4.69) is 10.1 Å². The van der Waals surface area contributed by atoms with Crippen LogP contribution in [0.15, 0.2) is 47.3 Å². The second-order valence-electron chi connectivity index (χ2n) is 6.21. The van der Waals surface area contributed by atoms with Crippen molar-refractivity contribution in [3.8, 4) is 34.2 Å². The lowest BCUT2D eigenvalue weighted by Crippen LogP contribution is -2.10. The van der Waals surface area contributed by atoms with Crippen molar-refractivity contribution < 1.29 is 5.11 Å². The molecule has 2 aromatic carbocycles. The van der Waals surface area contributed by atoms with Crippen LogP contribution in [0.5, 0.6) is 5.75 Å². The molecule has 0 aliphatic carbocycles. The third-order valence-corrected chi connectivity index (χ3v) is 5.15. The van der Waals surface area contributed by atoms with Crippen molar-refractivity contribution in [1.82, 2.24) is 14.6 Å². The van der Waals surface area contributed by atoms with Gasteiger partial charge in [0.1, 0.15) is 11.4 Å². The van der Waals surface area contributed by atoms with E-state index in [0.717, 1.165) is 5.56 Å². The molecule has 2 heterocycles. The topological polar surface area (TPSA) is 94.2 Å². The van der Waals surface area contributed by atoms with Gasteiger partial charge in [0.2, 0.25) is 0 Å². The summed E-state index contributed by atoms with van der Waals surface area (Å²) in [5, 5.41) is 24.7. The number of rotatable bonds is 2. The largest absolute Gasteiger partial charge is 0.507 e. The van der Waals surface area contributed by atoms with Gasteiger partial charge in [0.05, 0.1) is 33.1 Å². The molecule has 0 atom stereocenters. The summed E-state index contributed by atoms with van der Waals surface area (Å²) in [5.41, 5.74) is 3.32. The Kier molecular flexibility index (Phi) is 4.34. The van der Waals surface area contributed by atoms with E-state index in [1.54, 1.807) is 34.8 Å². The summed E-state index contributed by atoms with van der Waals surface area (Å²) in [5.74, 6) is -0.116. The number of nitrogens with one attached hydrogen (secondary N) is 1. The molecule has 0 amide bonds. The average molecular weight is 411 g/mol. The summed E-state index contributed by atoms with van der Waals surface area (Å²) in [6.07, 6.45) is 0. The number of aromatic amines is 1. The second kappa shape index (κ2) is 6.71. The van der Waals surface area contributed by atoms with Gasteiger partial charge in [0, 0.05) is 17.2 Å². The van der Waals surface area contributed by atoms with E-state index < -0.39 is 0 Å². The number of phenols is 1. The first-order valence-electron chi connectivity index (χ1n) is 8.20. The molecule has 4 rings (SSSR count). The second-order valence-corrected chi connectivity index (χ2v) is 7.03. The van der Waals surface area contributed by atoms with Gasteiger partial charge in [-0.25, -0.2) is 4.52 Å². The zero-order valence-electron chi connectivity index (χ0n) is 14.5. The summed E-state index contributed by atoms with van der Waals surface area (Å²) in [7, 11) is 0. The van der Waals surface area contributed by atoms with E-state index in [-0.39, 0.29) is 11.3 Å². The summed E-state index contributed by atoms with van der Waals surface area (Å²) in [6, 6.07) is 13.0. The van der Waals surface area contributed by atoms with Crippen LogP contribution in [0.1, 0.15) is 11.3 Å². The van der Waals surface area contributed by atoms with Crippen molar-refractivity contribution in [1.29, 1.82) is 5.26 Å². The normalized spacial score (nSPS) is 10.9. The van der Waals surface area contributed by atoms with Crippen LogP contribution < -0.4 is 5.56 Å². The number of H-pyrrole nitrogens is 1. The molecule has 2 N–H and O–H groups in total. The number of benzene rings is 2. The van der Waals surface area contributed by atoms with Gasteiger partial charge in [0.15, 0.2) is 0 Å². The Balaban J connectivity index is 2.03. The van der Waals surface area contributed by atoms with Crippen molar-refractivity contribution in [2.75, 3.05) is 0 Å². The van der Waals surface area contributed by atoms with Crippen LogP contribution in [-0.4, -0.2) is 19.7 Å². The lowest BCUT2D eigenvalue weighted by atomic mass is 10.1. The van der Waals surface area contributed by atoms with Crippen LogP contribution in [-0.2, 0) is 0 Å². The van der Waals surface area contributed by atoms with Gasteiger partial charge >= 0.3 is 0 Å². The Morgan fingerprint density at radius 1 is 1.14 bits per heavy atom. The van der Waals surface area contributed by atoms with Gasteiger partial charge in [0.25, 0.3) is 5.56 Å². The third-order valence-electron chi connectivity index (χ3n) is 4.41. The van der Waals surface area contributed by atoms with Gasteiger partial charge in [-0.15, -0.1) is 0 Å². The summed E-state index contributed by atoms with van der Waals surface area (Å²) >= 11 is 12.2. The molecule has 6 nitrogen and oxygen atoms in total. The third kappa shape index (κ3) is 2.91. The Morgan fingerprint density at radius 3 is 2.61 bits per heavy atom. The molecule has 4 aromatic rings. The first-order chi connectivity index (χ1) is 13.4. The van der Waals surface area contributed by atoms with E-state index in [0.29, 0.717) is 43.8 Å². The van der Waals surface area contributed by atoms with Crippen molar-refractivity contribution in [2.45, 2.75) is 6.92 Å². The standard InChI is InChI=1S/C20H12Cl2N4O2/c1-10-19(12-3-5-14(21)15(22)7-12)20-24-18(28)8-16(26(20)25-10)13-4-2-11(9-23)6-17(13)27/h2-8,27H,1H3,(H,24,28). The maximum absolute atomic E-state index is 12.3. The van der Waals surface area contributed by atoms with E-state index in [9.17, 15) is 9.90 Å². The number of aromatic nitrogens is 3. The summed E-state index contributed by atoms with van der Waals surface area (Å²) < 4.78 is 1.55. The molecule has 2 aromatic heterocycles. The van der Waals surface area contributed by atoms with Gasteiger partial charge < -0.3 is 10.1 Å². The van der Waals surface area contributed by atoms with Crippen LogP contribution >= 0.6 is 23.2 Å². The quantitative estimate of drug-likeness (QED) is 0.506. The molecule has 0 aliphatic rings. The van der Waals surface area contributed by atoms with Crippen LogP contribution in [0.3, 0.4) is 0 Å². The summed E-state index contributed by atoms with van der Waals surface area (Å²) in [6.45, 7) is 1.81. The van der Waals surface area contributed by atoms with E-state index in [1.807, 2.05) is 13.0 Å². The molecule has 28 heavy (non-hydrogen) atoms. The maximum atomic E-state index is 12.3. The first kappa shape index (κ1) is 18.1. The van der Waals surface area contributed by atoms with E-state index in [1.165, 1.54) is 12.1 Å². The highest BCUT2D eigenvalue weighted by atomic mass is 35.5. The lowest BCUT2D eigenvalue weighted by Gasteiger charge is -2.08. The molecule has 0 unspecified atom stereocenters. The number of fused-ring (bicyclic) bond motifs is 1.